The largest absolute Gasteiger partial charge is 0.389 e. The van der Waals surface area contributed by atoms with Gasteiger partial charge < -0.3 is 10.0 Å². The highest BCUT2D eigenvalue weighted by Crippen LogP contribution is 2.35. The van der Waals surface area contributed by atoms with Crippen molar-refractivity contribution in [2.75, 3.05) is 18.0 Å². The summed E-state index contributed by atoms with van der Waals surface area (Å²) in [6.07, 6.45) is 6.07. The molecule has 4 atom stereocenters. The molecule has 0 aliphatic carbocycles. The molecule has 0 radical (unpaired) electrons. The Hall–Kier alpha value is -3.44. The number of carbonyl (C=O) groups is 2. The first-order chi connectivity index (χ1) is 16.6. The summed E-state index contributed by atoms with van der Waals surface area (Å²) in [7, 11) is 0. The Labute approximate surface area is 206 Å². The van der Waals surface area contributed by atoms with Crippen LogP contribution in [-0.2, 0) is 15.0 Å². The number of hydrogen-bond acceptors (Lipinski definition) is 6. The molecule has 0 saturated carbocycles. The molecule has 1 aromatic heterocycles. The van der Waals surface area contributed by atoms with Gasteiger partial charge in [-0.15, -0.1) is 0 Å². The summed E-state index contributed by atoms with van der Waals surface area (Å²) < 4.78 is 0. The number of hydrogen-bond donors (Lipinski definition) is 1. The standard InChI is InChI=1S/C27H33N5O3/c1-18-23(33)16-31(18)26(35)24(19-7-5-13-29-15-19)32(25(34)22-8-6-14-30(22)17-28)21-11-9-20(10-12-21)27(2,3)4/h5,7,9-13,15,18,22-24,33H,6,8,14,16H2,1-4H3. The Morgan fingerprint density at radius 1 is 1.23 bits per heavy atom. The zero-order chi connectivity index (χ0) is 25.3. The maximum atomic E-state index is 14.1. The lowest BCUT2D eigenvalue weighted by atomic mass is 9.87. The Kier molecular flexibility index (Phi) is 6.82. The summed E-state index contributed by atoms with van der Waals surface area (Å²) in [6, 6.07) is 9.29. The average Bonchev–Trinajstić information content (AvgIpc) is 3.34. The second-order valence-corrected chi connectivity index (χ2v) is 10.4. The lowest BCUT2D eigenvalue weighted by Crippen LogP contribution is -2.63. The van der Waals surface area contributed by atoms with Gasteiger partial charge in [0.25, 0.3) is 11.8 Å². The molecule has 2 amide bonds. The van der Waals surface area contributed by atoms with E-state index in [9.17, 15) is 20.0 Å². The van der Waals surface area contributed by atoms with Crippen molar-refractivity contribution in [1.82, 2.24) is 14.8 Å². The minimum Gasteiger partial charge on any atom is -0.389 e. The second kappa shape index (κ2) is 9.67. The van der Waals surface area contributed by atoms with Crippen molar-refractivity contribution in [3.05, 3.63) is 59.9 Å². The quantitative estimate of drug-likeness (QED) is 0.668. The van der Waals surface area contributed by atoms with Crippen LogP contribution in [0.15, 0.2) is 48.8 Å². The van der Waals surface area contributed by atoms with Crippen LogP contribution < -0.4 is 4.90 Å². The molecule has 8 heteroatoms. The molecular weight excluding hydrogens is 442 g/mol. The number of anilines is 1. The third-order valence-electron chi connectivity index (χ3n) is 7.12. The molecule has 3 heterocycles. The summed E-state index contributed by atoms with van der Waals surface area (Å²) in [6.45, 7) is 8.89. The van der Waals surface area contributed by atoms with Gasteiger partial charge >= 0.3 is 0 Å². The maximum Gasteiger partial charge on any atom is 0.251 e. The number of likely N-dealkylation sites (tertiary alicyclic amines) is 2. The van der Waals surface area contributed by atoms with Crippen molar-refractivity contribution >= 4 is 17.5 Å². The van der Waals surface area contributed by atoms with Gasteiger partial charge in [-0.2, -0.15) is 5.26 Å². The van der Waals surface area contributed by atoms with E-state index >= 15 is 0 Å². The first-order valence-corrected chi connectivity index (χ1v) is 12.1. The number of amides is 2. The van der Waals surface area contributed by atoms with E-state index < -0.39 is 18.2 Å². The zero-order valence-electron chi connectivity index (χ0n) is 20.8. The van der Waals surface area contributed by atoms with E-state index in [1.54, 1.807) is 36.4 Å². The van der Waals surface area contributed by atoms with Gasteiger partial charge in [0, 0.05) is 36.7 Å². The second-order valence-electron chi connectivity index (χ2n) is 10.4. The molecule has 4 unspecified atom stereocenters. The number of aromatic nitrogens is 1. The third kappa shape index (κ3) is 4.73. The molecule has 184 valence electrons. The lowest BCUT2D eigenvalue weighted by Gasteiger charge is -2.46. The number of carbonyl (C=O) groups excluding carboxylic acids is 2. The van der Waals surface area contributed by atoms with E-state index in [0.717, 1.165) is 12.0 Å². The minimum absolute atomic E-state index is 0.0712. The maximum absolute atomic E-state index is 14.1. The number of nitrogens with zero attached hydrogens (tertiary/aromatic N) is 5. The Morgan fingerprint density at radius 3 is 2.49 bits per heavy atom. The number of rotatable bonds is 5. The van der Waals surface area contributed by atoms with Crippen LogP contribution in [0.2, 0.25) is 0 Å². The molecule has 0 bridgehead atoms. The summed E-state index contributed by atoms with van der Waals surface area (Å²) >= 11 is 0. The summed E-state index contributed by atoms with van der Waals surface area (Å²) in [5.74, 6) is -0.561. The van der Waals surface area contributed by atoms with Gasteiger partial charge in [0.1, 0.15) is 12.1 Å². The average molecular weight is 476 g/mol. The number of pyridine rings is 1. The van der Waals surface area contributed by atoms with E-state index in [4.69, 9.17) is 0 Å². The third-order valence-corrected chi connectivity index (χ3v) is 7.12. The summed E-state index contributed by atoms with van der Waals surface area (Å²) in [4.78, 5) is 36.8. The molecule has 8 nitrogen and oxygen atoms in total. The van der Waals surface area contributed by atoms with Gasteiger partial charge in [-0.05, 0) is 48.9 Å². The van der Waals surface area contributed by atoms with Crippen LogP contribution in [0.25, 0.3) is 0 Å². The van der Waals surface area contributed by atoms with E-state index in [1.165, 1.54) is 9.80 Å². The van der Waals surface area contributed by atoms with Gasteiger partial charge in [0.2, 0.25) is 0 Å². The molecule has 1 aromatic carbocycles. The molecule has 35 heavy (non-hydrogen) atoms. The fourth-order valence-corrected chi connectivity index (χ4v) is 4.81. The van der Waals surface area contributed by atoms with Crippen LogP contribution in [0.4, 0.5) is 5.69 Å². The van der Waals surface area contributed by atoms with Crippen LogP contribution in [0.1, 0.15) is 57.7 Å². The van der Waals surface area contributed by atoms with Gasteiger partial charge in [0.05, 0.1) is 12.1 Å². The van der Waals surface area contributed by atoms with Crippen LogP contribution in [-0.4, -0.2) is 63.0 Å². The van der Waals surface area contributed by atoms with Crippen molar-refractivity contribution < 1.29 is 14.7 Å². The number of nitriles is 1. The monoisotopic (exact) mass is 475 g/mol. The van der Waals surface area contributed by atoms with Crippen LogP contribution in [0.5, 0.6) is 0 Å². The number of aliphatic hydroxyl groups excluding tert-OH is 1. The molecule has 1 N–H and O–H groups in total. The van der Waals surface area contributed by atoms with E-state index in [-0.39, 0.29) is 29.8 Å². The first kappa shape index (κ1) is 24.7. The molecule has 2 aliphatic heterocycles. The van der Waals surface area contributed by atoms with Crippen LogP contribution >= 0.6 is 0 Å². The normalized spacial score (nSPS) is 22.8. The topological polar surface area (TPSA) is 101 Å². The zero-order valence-corrected chi connectivity index (χ0v) is 20.8. The van der Waals surface area contributed by atoms with Crippen molar-refractivity contribution in [3.63, 3.8) is 0 Å². The smallest absolute Gasteiger partial charge is 0.251 e. The van der Waals surface area contributed by atoms with E-state index in [0.29, 0.717) is 24.2 Å². The molecule has 2 fully saturated rings. The predicted molar refractivity (Wildman–Crippen MR) is 132 cm³/mol. The summed E-state index contributed by atoms with van der Waals surface area (Å²) in [5.41, 5.74) is 2.21. The molecule has 4 rings (SSSR count). The lowest BCUT2D eigenvalue weighted by molar-refractivity contribution is -0.151. The van der Waals surface area contributed by atoms with Crippen LogP contribution in [0, 0.1) is 11.5 Å². The predicted octanol–water partition coefficient (Wildman–Crippen LogP) is 2.99. The van der Waals surface area contributed by atoms with Gasteiger partial charge in [0.15, 0.2) is 6.19 Å². The van der Waals surface area contributed by atoms with Crippen LogP contribution in [0.3, 0.4) is 0 Å². The number of β-amino-alcohol motifs (C(OH)–C–C–N with tert-alkyl or cyclic N) is 1. The molecule has 2 aromatic rings. The molecule has 2 aliphatic rings. The molecular formula is C27H33N5O3. The van der Waals surface area contributed by atoms with Gasteiger partial charge in [-0.25, -0.2) is 0 Å². The molecule has 2 saturated heterocycles. The van der Waals surface area contributed by atoms with Crippen molar-refractivity contribution in [2.45, 2.75) is 70.2 Å². The highest BCUT2D eigenvalue weighted by Gasteiger charge is 2.46. The van der Waals surface area contributed by atoms with Gasteiger partial charge in [-0.3, -0.25) is 24.4 Å². The van der Waals surface area contributed by atoms with Crippen molar-refractivity contribution in [3.8, 4) is 6.19 Å². The fraction of sp³-hybridized carbons (Fsp3) is 0.481. The fourth-order valence-electron chi connectivity index (χ4n) is 4.81. The summed E-state index contributed by atoms with van der Waals surface area (Å²) in [5, 5.41) is 19.7. The van der Waals surface area contributed by atoms with Crippen molar-refractivity contribution in [2.24, 2.45) is 0 Å². The number of benzene rings is 1. The number of aliphatic hydroxyl groups is 1. The van der Waals surface area contributed by atoms with Crippen molar-refractivity contribution in [1.29, 1.82) is 5.26 Å². The Balaban J connectivity index is 1.82. The molecule has 0 spiro atoms. The van der Waals surface area contributed by atoms with Gasteiger partial charge in [-0.1, -0.05) is 39.0 Å². The Bertz CT molecular complexity index is 1110. The van der Waals surface area contributed by atoms with E-state index in [1.807, 2.05) is 24.3 Å². The highest BCUT2D eigenvalue weighted by atomic mass is 16.3. The van der Waals surface area contributed by atoms with E-state index in [2.05, 4.69) is 31.9 Å². The highest BCUT2D eigenvalue weighted by molar-refractivity contribution is 6.04. The minimum atomic E-state index is -0.965. The SMILES string of the molecule is CC1C(O)CN1C(=O)C(c1cccnc1)N(C(=O)C1CCCN1C#N)c1ccc(C(C)(C)C)cc1. The Morgan fingerprint density at radius 2 is 1.94 bits per heavy atom. The first-order valence-electron chi connectivity index (χ1n) is 12.1.